The fraction of sp³-hybridized carbons (Fsp3) is 0.708. The minimum absolute atomic E-state index is 0.0225. The van der Waals surface area contributed by atoms with Gasteiger partial charge in [0.05, 0.1) is 6.61 Å². The largest absolute Gasteiger partial charge is 0.416 e. The molecular formula is C24H40O3Si. The molecule has 158 valence electrons. The highest BCUT2D eigenvalue weighted by atomic mass is 28.4. The molecule has 4 heteroatoms. The Morgan fingerprint density at radius 2 is 1.82 bits per heavy atom. The van der Waals surface area contributed by atoms with Gasteiger partial charge in [-0.2, -0.15) is 0 Å². The van der Waals surface area contributed by atoms with E-state index in [2.05, 4.69) is 59.8 Å². The molecule has 0 radical (unpaired) electrons. The molecule has 1 aromatic rings. The van der Waals surface area contributed by atoms with Crippen molar-refractivity contribution >= 4 is 14.1 Å². The molecule has 28 heavy (non-hydrogen) atoms. The van der Waals surface area contributed by atoms with Crippen molar-refractivity contribution in [2.24, 2.45) is 17.3 Å². The Morgan fingerprint density at radius 3 is 2.43 bits per heavy atom. The molecule has 0 bridgehead atoms. The molecule has 1 aliphatic carbocycles. The van der Waals surface area contributed by atoms with Crippen LogP contribution in [-0.2, 0) is 20.6 Å². The second-order valence-corrected chi connectivity index (χ2v) is 15.1. The van der Waals surface area contributed by atoms with Crippen molar-refractivity contribution in [3.63, 3.8) is 0 Å². The fourth-order valence-corrected chi connectivity index (χ4v) is 4.86. The van der Waals surface area contributed by atoms with Crippen LogP contribution in [0.5, 0.6) is 0 Å². The Labute approximate surface area is 173 Å². The molecule has 0 heterocycles. The van der Waals surface area contributed by atoms with E-state index in [0.717, 1.165) is 12.8 Å². The summed E-state index contributed by atoms with van der Waals surface area (Å²) >= 11 is 0. The molecule has 1 aromatic carbocycles. The number of hydrogen-bond donors (Lipinski definition) is 0. The van der Waals surface area contributed by atoms with Gasteiger partial charge in [-0.05, 0) is 47.9 Å². The summed E-state index contributed by atoms with van der Waals surface area (Å²) < 4.78 is 12.5. The summed E-state index contributed by atoms with van der Waals surface area (Å²) in [5.74, 6) is 0.853. The fourth-order valence-electron chi connectivity index (χ4n) is 3.84. The summed E-state index contributed by atoms with van der Waals surface area (Å²) in [6, 6.07) is 10.3. The first-order chi connectivity index (χ1) is 13.0. The maximum absolute atomic E-state index is 12.9. The Kier molecular flexibility index (Phi) is 7.68. The minimum atomic E-state index is -1.87. The molecule has 3 nitrogen and oxygen atoms in total. The molecule has 0 spiro atoms. The zero-order chi connectivity index (χ0) is 21.0. The quantitative estimate of drug-likeness (QED) is 0.380. The van der Waals surface area contributed by atoms with E-state index in [1.807, 2.05) is 18.2 Å². The predicted octanol–water partition coefficient (Wildman–Crippen LogP) is 6.24. The van der Waals surface area contributed by atoms with Crippen LogP contribution in [0.25, 0.3) is 0 Å². The number of rotatable bonds is 8. The average molecular weight is 405 g/mol. The second kappa shape index (κ2) is 9.23. The summed E-state index contributed by atoms with van der Waals surface area (Å²) in [6.07, 6.45) is 2.57. The van der Waals surface area contributed by atoms with Crippen molar-refractivity contribution in [1.29, 1.82) is 0 Å². The summed E-state index contributed by atoms with van der Waals surface area (Å²) in [4.78, 5) is 12.9. The van der Waals surface area contributed by atoms with Gasteiger partial charge in [-0.3, -0.25) is 4.79 Å². The average Bonchev–Trinajstić information content (AvgIpc) is 2.62. The Balaban J connectivity index is 2.01. The molecule has 2 rings (SSSR count). The van der Waals surface area contributed by atoms with Crippen molar-refractivity contribution in [3.05, 3.63) is 35.9 Å². The van der Waals surface area contributed by atoms with Crippen LogP contribution in [0.1, 0.15) is 59.4 Å². The summed E-state index contributed by atoms with van der Waals surface area (Å²) in [7, 11) is -1.87. The number of carbonyl (C=O) groups is 1. The molecule has 1 saturated carbocycles. The third-order valence-electron chi connectivity index (χ3n) is 7.45. The molecule has 1 fully saturated rings. The van der Waals surface area contributed by atoms with Crippen LogP contribution in [0.15, 0.2) is 30.3 Å². The zero-order valence-electron chi connectivity index (χ0n) is 19.0. The number of ketones is 1. The maximum Gasteiger partial charge on any atom is 0.192 e. The SMILES string of the molecule is C[C@H]1CCC(=O)[C@H](CO[Si](C)(C)C(C)(C)C)[C@]1(C)CCOCc1ccccc1. The van der Waals surface area contributed by atoms with Gasteiger partial charge in [0.25, 0.3) is 0 Å². The third-order valence-corrected chi connectivity index (χ3v) is 11.9. The standard InChI is InChI=1S/C24H40O3Si/c1-19-13-14-22(25)21(18-27-28(6,7)23(2,3)4)24(19,5)15-16-26-17-20-11-9-8-10-12-20/h8-12,19,21H,13-18H2,1-7H3/t19-,21-,24+/m0/s1. The van der Waals surface area contributed by atoms with Crippen LogP contribution >= 0.6 is 0 Å². The van der Waals surface area contributed by atoms with Gasteiger partial charge in [-0.25, -0.2) is 0 Å². The first kappa shape index (κ1) is 23.3. The summed E-state index contributed by atoms with van der Waals surface area (Å²) in [5, 5.41) is 0.158. The molecule has 0 amide bonds. The lowest BCUT2D eigenvalue weighted by atomic mass is 9.60. The lowest BCUT2D eigenvalue weighted by Crippen LogP contribution is -2.49. The minimum Gasteiger partial charge on any atom is -0.416 e. The highest BCUT2D eigenvalue weighted by Crippen LogP contribution is 2.47. The molecule has 0 aromatic heterocycles. The zero-order valence-corrected chi connectivity index (χ0v) is 20.0. The van der Waals surface area contributed by atoms with Gasteiger partial charge in [-0.15, -0.1) is 0 Å². The van der Waals surface area contributed by atoms with Crippen LogP contribution in [0, 0.1) is 17.3 Å². The monoisotopic (exact) mass is 404 g/mol. The maximum atomic E-state index is 12.9. The predicted molar refractivity (Wildman–Crippen MR) is 119 cm³/mol. The van der Waals surface area contributed by atoms with Crippen molar-refractivity contribution < 1.29 is 14.0 Å². The van der Waals surface area contributed by atoms with Gasteiger partial charge in [0.2, 0.25) is 0 Å². The molecule has 1 aliphatic rings. The van der Waals surface area contributed by atoms with Crippen LogP contribution in [0.4, 0.5) is 0 Å². The number of benzene rings is 1. The molecule has 0 N–H and O–H groups in total. The van der Waals surface area contributed by atoms with E-state index < -0.39 is 8.32 Å². The van der Waals surface area contributed by atoms with Gasteiger partial charge >= 0.3 is 0 Å². The van der Waals surface area contributed by atoms with Crippen LogP contribution in [-0.4, -0.2) is 27.3 Å². The Bertz CT molecular complexity index is 635. The van der Waals surface area contributed by atoms with Crippen molar-refractivity contribution in [3.8, 4) is 0 Å². The van der Waals surface area contributed by atoms with E-state index in [1.165, 1.54) is 5.56 Å². The lowest BCUT2D eigenvalue weighted by Gasteiger charge is -2.47. The van der Waals surface area contributed by atoms with Crippen LogP contribution in [0.3, 0.4) is 0 Å². The number of ether oxygens (including phenoxy) is 1. The summed E-state index contributed by atoms with van der Waals surface area (Å²) in [5.41, 5.74) is 1.13. The van der Waals surface area contributed by atoms with E-state index in [9.17, 15) is 4.79 Å². The topological polar surface area (TPSA) is 35.5 Å². The van der Waals surface area contributed by atoms with E-state index in [0.29, 0.717) is 37.9 Å². The second-order valence-electron chi connectivity index (χ2n) is 10.3. The van der Waals surface area contributed by atoms with Crippen molar-refractivity contribution in [2.75, 3.05) is 13.2 Å². The van der Waals surface area contributed by atoms with E-state index >= 15 is 0 Å². The first-order valence-corrected chi connectivity index (χ1v) is 13.7. The van der Waals surface area contributed by atoms with E-state index in [-0.39, 0.29) is 16.4 Å². The van der Waals surface area contributed by atoms with Gasteiger partial charge < -0.3 is 9.16 Å². The van der Waals surface area contributed by atoms with Gasteiger partial charge in [-0.1, -0.05) is 65.0 Å². The smallest absolute Gasteiger partial charge is 0.192 e. The molecule has 3 atom stereocenters. The van der Waals surface area contributed by atoms with Crippen LogP contribution in [0.2, 0.25) is 18.1 Å². The van der Waals surface area contributed by atoms with Gasteiger partial charge in [0, 0.05) is 25.6 Å². The molecular weight excluding hydrogens is 364 g/mol. The highest BCUT2D eigenvalue weighted by Gasteiger charge is 2.47. The van der Waals surface area contributed by atoms with Gasteiger partial charge in [0.15, 0.2) is 8.32 Å². The number of carbonyl (C=O) groups excluding carboxylic acids is 1. The lowest BCUT2D eigenvalue weighted by molar-refractivity contribution is -0.136. The first-order valence-electron chi connectivity index (χ1n) is 10.8. The number of hydrogen-bond acceptors (Lipinski definition) is 3. The van der Waals surface area contributed by atoms with Crippen molar-refractivity contribution in [1.82, 2.24) is 0 Å². The molecule has 0 saturated heterocycles. The van der Waals surface area contributed by atoms with E-state index in [4.69, 9.17) is 9.16 Å². The highest BCUT2D eigenvalue weighted by molar-refractivity contribution is 6.74. The number of Topliss-reactive ketones (excluding diaryl/α,β-unsaturated/α-hetero) is 1. The molecule has 0 aliphatic heterocycles. The third kappa shape index (κ3) is 5.55. The van der Waals surface area contributed by atoms with Crippen molar-refractivity contribution in [2.45, 2.75) is 78.6 Å². The summed E-state index contributed by atoms with van der Waals surface area (Å²) in [6.45, 7) is 17.7. The normalized spacial score (nSPS) is 26.5. The molecule has 0 unspecified atom stereocenters. The van der Waals surface area contributed by atoms with Crippen LogP contribution < -0.4 is 0 Å². The Hall–Kier alpha value is -0.973. The van der Waals surface area contributed by atoms with E-state index in [1.54, 1.807) is 0 Å². The van der Waals surface area contributed by atoms with Gasteiger partial charge in [0.1, 0.15) is 5.78 Å². The Morgan fingerprint density at radius 1 is 1.18 bits per heavy atom.